The Morgan fingerprint density at radius 1 is 1.06 bits per heavy atom. The van der Waals surface area contributed by atoms with Crippen LogP contribution in [-0.4, -0.2) is 47.2 Å². The zero-order chi connectivity index (χ0) is 25.4. The molecule has 0 saturated carbocycles. The Hall–Kier alpha value is -3.92. The van der Waals surface area contributed by atoms with Crippen LogP contribution >= 0.6 is 0 Å². The van der Waals surface area contributed by atoms with Gasteiger partial charge in [0.15, 0.2) is 0 Å². The van der Waals surface area contributed by atoms with Gasteiger partial charge in [0, 0.05) is 30.0 Å². The van der Waals surface area contributed by atoms with E-state index in [4.69, 9.17) is 4.74 Å². The molecule has 0 radical (unpaired) electrons. The minimum absolute atomic E-state index is 0.0376. The summed E-state index contributed by atoms with van der Waals surface area (Å²) in [6.45, 7) is 5.70. The Balaban J connectivity index is 1.53. The fraction of sp³-hybridized carbons (Fsp3) is 0.269. The zero-order valence-corrected chi connectivity index (χ0v) is 19.7. The van der Waals surface area contributed by atoms with Crippen LogP contribution in [0.25, 0.3) is 22.4 Å². The summed E-state index contributed by atoms with van der Waals surface area (Å²) in [6, 6.07) is 12.8. The molecule has 2 N–H and O–H groups in total. The Labute approximate surface area is 205 Å². The van der Waals surface area contributed by atoms with E-state index in [1.165, 1.54) is 6.07 Å². The van der Waals surface area contributed by atoms with Crippen molar-refractivity contribution in [1.29, 1.82) is 0 Å². The summed E-state index contributed by atoms with van der Waals surface area (Å²) in [6.07, 6.45) is -4.59. The van der Waals surface area contributed by atoms with Crippen molar-refractivity contribution < 1.29 is 22.7 Å². The molecule has 5 rings (SSSR count). The zero-order valence-electron chi connectivity index (χ0n) is 19.7. The lowest BCUT2D eigenvalue weighted by Crippen LogP contribution is -2.36. The number of nitrogens with zero attached hydrogens (tertiary/aromatic N) is 3. The number of hydrogen-bond acceptors (Lipinski definition) is 5. The number of hydrogen-bond donors (Lipinski definition) is 2. The van der Waals surface area contributed by atoms with Gasteiger partial charge in [-0.05, 0) is 61.9 Å². The van der Waals surface area contributed by atoms with Crippen molar-refractivity contribution in [2.45, 2.75) is 20.0 Å². The summed E-state index contributed by atoms with van der Waals surface area (Å²) < 4.78 is 47.6. The molecule has 0 atom stereocenters. The van der Waals surface area contributed by atoms with Crippen molar-refractivity contribution in [3.05, 3.63) is 70.9 Å². The number of para-hydroxylation sites is 1. The van der Waals surface area contributed by atoms with Crippen molar-refractivity contribution in [2.75, 3.05) is 36.5 Å². The second kappa shape index (κ2) is 9.27. The van der Waals surface area contributed by atoms with E-state index in [0.717, 1.165) is 17.3 Å². The number of carbonyl (C=O) groups excluding carboxylic acids is 1. The van der Waals surface area contributed by atoms with E-state index in [-0.39, 0.29) is 22.5 Å². The molecule has 1 saturated heterocycles. The van der Waals surface area contributed by atoms with Gasteiger partial charge in [-0.3, -0.25) is 4.79 Å². The number of imidazole rings is 1. The average Bonchev–Trinajstić information content (AvgIpc) is 3.27. The topological polar surface area (TPSA) is 83.1 Å². The van der Waals surface area contributed by atoms with E-state index >= 15 is 0 Å². The largest absolute Gasteiger partial charge is 0.417 e. The van der Waals surface area contributed by atoms with Crippen LogP contribution in [0.1, 0.15) is 27.2 Å². The third-order valence-electron chi connectivity index (χ3n) is 6.04. The normalized spacial score (nSPS) is 14.3. The number of anilines is 2. The van der Waals surface area contributed by atoms with Gasteiger partial charge in [-0.15, -0.1) is 0 Å². The predicted octanol–water partition coefficient (Wildman–Crippen LogP) is 5.35. The molecule has 1 amide bonds. The van der Waals surface area contributed by atoms with Crippen LogP contribution < -0.4 is 10.2 Å². The number of benzene rings is 2. The Bertz CT molecular complexity index is 1420. The van der Waals surface area contributed by atoms with Crippen molar-refractivity contribution in [2.24, 2.45) is 0 Å². The molecule has 36 heavy (non-hydrogen) atoms. The molecular formula is C26H24F3N5O2. The number of halogens is 3. The lowest BCUT2D eigenvalue weighted by molar-refractivity contribution is -0.137. The fourth-order valence-corrected chi connectivity index (χ4v) is 4.42. The third-order valence-corrected chi connectivity index (χ3v) is 6.04. The molecule has 1 aliphatic rings. The van der Waals surface area contributed by atoms with Crippen molar-refractivity contribution >= 4 is 28.4 Å². The van der Waals surface area contributed by atoms with Crippen LogP contribution in [0.15, 0.2) is 48.5 Å². The number of rotatable bonds is 4. The van der Waals surface area contributed by atoms with Gasteiger partial charge in [0.1, 0.15) is 17.2 Å². The fourth-order valence-electron chi connectivity index (χ4n) is 4.42. The van der Waals surface area contributed by atoms with E-state index in [0.29, 0.717) is 43.3 Å². The highest BCUT2D eigenvalue weighted by Gasteiger charge is 2.35. The van der Waals surface area contributed by atoms with Crippen LogP contribution in [-0.2, 0) is 10.9 Å². The molecule has 10 heteroatoms. The molecule has 0 bridgehead atoms. The van der Waals surface area contributed by atoms with Gasteiger partial charge in [-0.1, -0.05) is 6.07 Å². The number of pyridine rings is 1. The molecule has 1 fully saturated rings. The molecule has 0 aliphatic carbocycles. The first-order valence-electron chi connectivity index (χ1n) is 11.5. The van der Waals surface area contributed by atoms with Gasteiger partial charge in [-0.2, -0.15) is 13.2 Å². The molecule has 186 valence electrons. The first-order chi connectivity index (χ1) is 17.2. The number of alkyl halides is 3. The molecule has 7 nitrogen and oxygen atoms in total. The standard InChI is InChI=1S/C26H24F3N5O2/c1-15-12-16(2)30-22(13-15)32-25(35)19-4-3-5-21-23(19)33-24(31-21)18-7-6-17(14-20(18)26(27,28)29)34-8-10-36-11-9-34/h3-7,12-14H,8-11H2,1-2H3,(H,31,33)(H,30,32,35). The SMILES string of the molecule is Cc1cc(C)nc(NC(=O)c2cccc3[nH]c(-c4ccc(N5CCOCC5)cc4C(F)(F)F)nc23)c1. The summed E-state index contributed by atoms with van der Waals surface area (Å²) in [5, 5.41) is 2.76. The molecule has 2 aromatic heterocycles. The predicted molar refractivity (Wildman–Crippen MR) is 131 cm³/mol. The Morgan fingerprint density at radius 2 is 1.83 bits per heavy atom. The number of aromatic amines is 1. The molecule has 4 aromatic rings. The maximum atomic E-state index is 14.1. The summed E-state index contributed by atoms with van der Waals surface area (Å²) in [5.41, 5.74) is 2.26. The van der Waals surface area contributed by atoms with E-state index in [9.17, 15) is 18.0 Å². The number of fused-ring (bicyclic) bond motifs is 1. The molecule has 3 heterocycles. The van der Waals surface area contributed by atoms with Gasteiger partial charge >= 0.3 is 6.18 Å². The second-order valence-corrected chi connectivity index (χ2v) is 8.74. The molecular weight excluding hydrogens is 471 g/mol. The van der Waals surface area contributed by atoms with Crippen LogP contribution in [0.4, 0.5) is 24.7 Å². The van der Waals surface area contributed by atoms with Gasteiger partial charge in [0.05, 0.1) is 29.9 Å². The number of morpholine rings is 1. The molecule has 0 spiro atoms. The van der Waals surface area contributed by atoms with E-state index in [2.05, 4.69) is 20.3 Å². The third kappa shape index (κ3) is 4.76. The van der Waals surface area contributed by atoms with Gasteiger partial charge < -0.3 is 19.9 Å². The number of aromatic nitrogens is 3. The Morgan fingerprint density at radius 3 is 2.56 bits per heavy atom. The highest BCUT2D eigenvalue weighted by atomic mass is 19.4. The maximum absolute atomic E-state index is 14.1. The molecule has 0 unspecified atom stereocenters. The lowest BCUT2D eigenvalue weighted by Gasteiger charge is -2.29. The lowest BCUT2D eigenvalue weighted by atomic mass is 10.0. The van der Waals surface area contributed by atoms with E-state index in [1.54, 1.807) is 30.3 Å². The molecule has 1 aliphatic heterocycles. The van der Waals surface area contributed by atoms with Gasteiger partial charge in [0.25, 0.3) is 5.91 Å². The number of nitrogens with one attached hydrogen (secondary N) is 2. The van der Waals surface area contributed by atoms with Crippen LogP contribution in [0.2, 0.25) is 0 Å². The van der Waals surface area contributed by atoms with Crippen molar-refractivity contribution in [3.8, 4) is 11.4 Å². The maximum Gasteiger partial charge on any atom is 0.417 e. The quantitative estimate of drug-likeness (QED) is 0.399. The summed E-state index contributed by atoms with van der Waals surface area (Å²) >= 11 is 0. The number of amides is 1. The minimum atomic E-state index is -4.59. The average molecular weight is 496 g/mol. The monoisotopic (exact) mass is 495 g/mol. The van der Waals surface area contributed by atoms with Gasteiger partial charge in [-0.25, -0.2) is 9.97 Å². The number of H-pyrrole nitrogens is 1. The second-order valence-electron chi connectivity index (χ2n) is 8.74. The van der Waals surface area contributed by atoms with E-state index in [1.807, 2.05) is 24.8 Å². The minimum Gasteiger partial charge on any atom is -0.378 e. The first kappa shape index (κ1) is 23.8. The highest BCUT2D eigenvalue weighted by molar-refractivity contribution is 6.11. The summed E-state index contributed by atoms with van der Waals surface area (Å²) in [7, 11) is 0. The van der Waals surface area contributed by atoms with E-state index < -0.39 is 17.6 Å². The number of aryl methyl sites for hydroxylation is 2. The van der Waals surface area contributed by atoms with Crippen LogP contribution in [0, 0.1) is 13.8 Å². The number of carbonyl (C=O) groups is 1. The van der Waals surface area contributed by atoms with Gasteiger partial charge in [0.2, 0.25) is 0 Å². The summed E-state index contributed by atoms with van der Waals surface area (Å²) in [5.74, 6) is -0.0196. The Kier molecular flexibility index (Phi) is 6.13. The number of ether oxygens (including phenoxy) is 1. The molecule has 2 aromatic carbocycles. The summed E-state index contributed by atoms with van der Waals surface area (Å²) in [4.78, 5) is 26.6. The smallest absolute Gasteiger partial charge is 0.378 e. The van der Waals surface area contributed by atoms with Crippen LogP contribution in [0.5, 0.6) is 0 Å². The van der Waals surface area contributed by atoms with Crippen LogP contribution in [0.3, 0.4) is 0 Å². The van der Waals surface area contributed by atoms with Crippen molar-refractivity contribution in [1.82, 2.24) is 15.0 Å². The highest BCUT2D eigenvalue weighted by Crippen LogP contribution is 2.39. The first-order valence-corrected chi connectivity index (χ1v) is 11.5. The van der Waals surface area contributed by atoms with Crippen molar-refractivity contribution in [3.63, 3.8) is 0 Å².